The second-order valence-corrected chi connectivity index (χ2v) is 8.67. The van der Waals surface area contributed by atoms with Gasteiger partial charge in [0.2, 0.25) is 0 Å². The Morgan fingerprint density at radius 3 is 2.50 bits per heavy atom. The molecule has 176 valence electrons. The molecule has 1 saturated heterocycles. The molecule has 9 heteroatoms. The summed E-state index contributed by atoms with van der Waals surface area (Å²) in [5, 5.41) is 24.6. The van der Waals surface area contributed by atoms with Gasteiger partial charge < -0.3 is 24.6 Å². The van der Waals surface area contributed by atoms with Crippen molar-refractivity contribution in [1.29, 1.82) is 0 Å². The van der Waals surface area contributed by atoms with Crippen LogP contribution >= 0.6 is 0 Å². The Hall–Kier alpha value is -2.23. The number of likely N-dealkylation sites (tertiary alicyclic amines) is 1. The number of aliphatic hydroxyl groups excluding tert-OH is 2. The van der Waals surface area contributed by atoms with Crippen LogP contribution in [0, 0.1) is 0 Å². The van der Waals surface area contributed by atoms with Gasteiger partial charge in [0, 0.05) is 31.4 Å². The lowest BCUT2D eigenvalue weighted by Gasteiger charge is -2.30. The number of hydrogen-bond acceptors (Lipinski definition) is 6. The van der Waals surface area contributed by atoms with Crippen molar-refractivity contribution in [3.8, 4) is 22.8 Å². The van der Waals surface area contributed by atoms with Crippen molar-refractivity contribution >= 4 is 0 Å². The lowest BCUT2D eigenvalue weighted by atomic mass is 10.1. The number of aromatic nitrogens is 2. The van der Waals surface area contributed by atoms with Gasteiger partial charge in [-0.3, -0.25) is 4.68 Å². The molecule has 1 aliphatic heterocycles. The third-order valence-electron chi connectivity index (χ3n) is 6.12. The quantitative estimate of drug-likeness (QED) is 0.609. The highest BCUT2D eigenvalue weighted by atomic mass is 19.3. The Balaban J connectivity index is 1.41. The first-order valence-corrected chi connectivity index (χ1v) is 11.3. The molecule has 2 N–H and O–H groups in total. The fourth-order valence-electron chi connectivity index (χ4n) is 4.43. The summed E-state index contributed by atoms with van der Waals surface area (Å²) in [5.41, 5.74) is 1.40. The number of ether oxygens (including phenoxy) is 2. The first-order chi connectivity index (χ1) is 15.5. The molecule has 1 unspecified atom stereocenters. The van der Waals surface area contributed by atoms with Crippen LogP contribution in [0.25, 0.3) is 11.3 Å². The Labute approximate surface area is 186 Å². The number of nitrogens with zero attached hydrogens (tertiary/aromatic N) is 3. The average Bonchev–Trinajstić information content (AvgIpc) is 3.43. The Morgan fingerprint density at radius 1 is 1.03 bits per heavy atom. The third kappa shape index (κ3) is 6.17. The first kappa shape index (κ1) is 22.9. The zero-order valence-electron chi connectivity index (χ0n) is 18.1. The molecule has 2 aromatic rings. The van der Waals surface area contributed by atoms with Crippen LogP contribution in [0.1, 0.15) is 38.5 Å². The lowest BCUT2D eigenvalue weighted by Crippen LogP contribution is -2.41. The molecule has 2 fully saturated rings. The molecule has 4 rings (SSSR count). The minimum absolute atomic E-state index is 0.00822. The molecule has 0 spiro atoms. The molecule has 2 aliphatic rings. The number of piperidine rings is 1. The number of benzene rings is 1. The average molecular weight is 452 g/mol. The summed E-state index contributed by atoms with van der Waals surface area (Å²) in [5.74, 6) is 0.328. The van der Waals surface area contributed by atoms with Gasteiger partial charge >= 0.3 is 6.61 Å². The summed E-state index contributed by atoms with van der Waals surface area (Å²) in [7, 11) is 0. The van der Waals surface area contributed by atoms with E-state index in [4.69, 9.17) is 4.74 Å². The van der Waals surface area contributed by atoms with Gasteiger partial charge in [-0.05, 0) is 62.8 Å². The van der Waals surface area contributed by atoms with Crippen molar-refractivity contribution in [2.24, 2.45) is 0 Å². The van der Waals surface area contributed by atoms with Crippen LogP contribution in [0.15, 0.2) is 30.5 Å². The summed E-state index contributed by atoms with van der Waals surface area (Å²) in [6, 6.07) is 6.69. The maximum Gasteiger partial charge on any atom is 0.387 e. The number of alkyl halides is 2. The first-order valence-electron chi connectivity index (χ1n) is 11.3. The fourth-order valence-corrected chi connectivity index (χ4v) is 4.43. The van der Waals surface area contributed by atoms with Crippen LogP contribution < -0.4 is 9.47 Å². The number of β-amino-alcohol motifs (C(OH)–C–C–N with tert-alkyl or cyclic N) is 1. The normalized spacial score (nSPS) is 19.5. The van der Waals surface area contributed by atoms with E-state index in [1.807, 2.05) is 6.07 Å². The summed E-state index contributed by atoms with van der Waals surface area (Å²) in [4.78, 5) is 2.15. The SMILES string of the molecule is OC1CCN(CC(O)Cn2ccc(-c3ccc(OC(F)F)c(OC4CCCC4)c3)n2)CC1. The molecule has 1 saturated carbocycles. The maximum absolute atomic E-state index is 12.8. The summed E-state index contributed by atoms with van der Waals surface area (Å²) < 4.78 is 37.9. The highest BCUT2D eigenvalue weighted by Crippen LogP contribution is 2.36. The molecule has 1 aromatic carbocycles. The monoisotopic (exact) mass is 451 g/mol. The van der Waals surface area contributed by atoms with Crippen molar-refractivity contribution in [2.75, 3.05) is 19.6 Å². The van der Waals surface area contributed by atoms with Gasteiger partial charge in [0.1, 0.15) is 0 Å². The van der Waals surface area contributed by atoms with E-state index < -0.39 is 12.7 Å². The zero-order valence-corrected chi connectivity index (χ0v) is 18.1. The smallest absolute Gasteiger partial charge is 0.387 e. The highest BCUT2D eigenvalue weighted by Gasteiger charge is 2.22. The minimum Gasteiger partial charge on any atom is -0.487 e. The van der Waals surface area contributed by atoms with Gasteiger partial charge in [-0.15, -0.1) is 0 Å². The van der Waals surface area contributed by atoms with Crippen molar-refractivity contribution in [3.63, 3.8) is 0 Å². The summed E-state index contributed by atoms with van der Waals surface area (Å²) in [6.45, 7) is -0.493. The Morgan fingerprint density at radius 2 is 1.78 bits per heavy atom. The molecule has 0 bridgehead atoms. The predicted molar refractivity (Wildman–Crippen MR) is 115 cm³/mol. The molecular weight excluding hydrogens is 420 g/mol. The van der Waals surface area contributed by atoms with Crippen LogP contribution in [0.4, 0.5) is 8.78 Å². The number of hydrogen-bond donors (Lipinski definition) is 2. The molecule has 0 amide bonds. The predicted octanol–water partition coefficient (Wildman–Crippen LogP) is 3.29. The van der Waals surface area contributed by atoms with Crippen LogP contribution in [0.3, 0.4) is 0 Å². The van der Waals surface area contributed by atoms with E-state index in [1.165, 1.54) is 6.07 Å². The topological polar surface area (TPSA) is 80.0 Å². The Kier molecular flexibility index (Phi) is 7.59. The van der Waals surface area contributed by atoms with Crippen LogP contribution in [0.5, 0.6) is 11.5 Å². The Bertz CT molecular complexity index is 865. The standard InChI is InChI=1S/C23H31F2N3O4/c24-23(25)32-21-6-5-16(13-22(21)31-19-3-1-2-4-19)20-9-12-28(26-20)15-18(30)14-27-10-7-17(29)8-11-27/h5-6,9,12-13,17-19,23,29-30H,1-4,7-8,10-11,14-15H2. The van der Waals surface area contributed by atoms with Crippen LogP contribution in [0.2, 0.25) is 0 Å². The van der Waals surface area contributed by atoms with Gasteiger partial charge in [0.25, 0.3) is 0 Å². The fraction of sp³-hybridized carbons (Fsp3) is 0.609. The van der Waals surface area contributed by atoms with E-state index in [1.54, 1.807) is 23.0 Å². The van der Waals surface area contributed by atoms with Gasteiger partial charge in [-0.1, -0.05) is 0 Å². The van der Waals surface area contributed by atoms with Gasteiger partial charge in [0.15, 0.2) is 11.5 Å². The van der Waals surface area contributed by atoms with Gasteiger partial charge in [0.05, 0.1) is 30.6 Å². The minimum atomic E-state index is -2.92. The van der Waals surface area contributed by atoms with E-state index in [0.29, 0.717) is 24.5 Å². The number of halogens is 2. The molecule has 1 atom stereocenters. The molecule has 7 nitrogen and oxygen atoms in total. The molecule has 2 heterocycles. The second-order valence-electron chi connectivity index (χ2n) is 8.67. The second kappa shape index (κ2) is 10.6. The largest absolute Gasteiger partial charge is 0.487 e. The number of rotatable bonds is 9. The maximum atomic E-state index is 12.8. The molecule has 0 radical (unpaired) electrons. The zero-order chi connectivity index (χ0) is 22.5. The van der Waals surface area contributed by atoms with Crippen molar-refractivity contribution in [1.82, 2.24) is 14.7 Å². The molecule has 32 heavy (non-hydrogen) atoms. The van der Waals surface area contributed by atoms with Crippen molar-refractivity contribution in [3.05, 3.63) is 30.5 Å². The molecular formula is C23H31F2N3O4. The number of aliphatic hydroxyl groups is 2. The summed E-state index contributed by atoms with van der Waals surface area (Å²) >= 11 is 0. The van der Waals surface area contributed by atoms with Gasteiger partial charge in [-0.2, -0.15) is 13.9 Å². The third-order valence-corrected chi connectivity index (χ3v) is 6.12. The van der Waals surface area contributed by atoms with E-state index in [-0.39, 0.29) is 18.0 Å². The van der Waals surface area contributed by atoms with Gasteiger partial charge in [-0.25, -0.2) is 0 Å². The van der Waals surface area contributed by atoms with E-state index in [0.717, 1.165) is 57.2 Å². The van der Waals surface area contributed by atoms with E-state index in [2.05, 4.69) is 14.7 Å². The van der Waals surface area contributed by atoms with Crippen molar-refractivity contribution < 1.29 is 28.5 Å². The van der Waals surface area contributed by atoms with E-state index >= 15 is 0 Å². The van der Waals surface area contributed by atoms with Crippen LogP contribution in [-0.2, 0) is 6.54 Å². The molecule has 1 aliphatic carbocycles. The summed E-state index contributed by atoms with van der Waals surface area (Å²) in [6.07, 6.45) is 6.39. The highest BCUT2D eigenvalue weighted by molar-refractivity contribution is 5.63. The van der Waals surface area contributed by atoms with Crippen molar-refractivity contribution in [2.45, 2.75) is 70.0 Å². The lowest BCUT2D eigenvalue weighted by molar-refractivity contribution is -0.0520. The van der Waals surface area contributed by atoms with Crippen LogP contribution in [-0.4, -0.2) is 69.5 Å². The molecule has 1 aromatic heterocycles. The van der Waals surface area contributed by atoms with E-state index in [9.17, 15) is 19.0 Å².